The minimum Gasteiger partial charge on any atom is -0.481 e. The summed E-state index contributed by atoms with van der Waals surface area (Å²) in [5.74, 6) is -1.13. The molecule has 1 aromatic rings. The Morgan fingerprint density at radius 2 is 2.00 bits per heavy atom. The lowest BCUT2D eigenvalue weighted by Crippen LogP contribution is -2.43. The van der Waals surface area contributed by atoms with Crippen LogP contribution in [-0.2, 0) is 16.1 Å². The maximum absolute atomic E-state index is 12.4. The van der Waals surface area contributed by atoms with Crippen molar-refractivity contribution < 1.29 is 14.7 Å². The van der Waals surface area contributed by atoms with Crippen LogP contribution in [-0.4, -0.2) is 40.0 Å². The van der Waals surface area contributed by atoms with Gasteiger partial charge in [-0.1, -0.05) is 0 Å². The van der Waals surface area contributed by atoms with Gasteiger partial charge in [0.1, 0.15) is 0 Å². The molecule has 0 unspecified atom stereocenters. The number of carbonyl (C=O) groups is 2. The maximum Gasteiger partial charge on any atom is 0.305 e. The SMILES string of the molecule is Cc1ccn(CC(C)(C)C(=O)N(C)CCC(=O)O)c(=O)c1. The van der Waals surface area contributed by atoms with Crippen molar-refractivity contribution in [1.29, 1.82) is 0 Å². The molecule has 6 heteroatoms. The molecule has 1 aromatic heterocycles. The van der Waals surface area contributed by atoms with Gasteiger partial charge in [0.25, 0.3) is 5.56 Å². The zero-order valence-corrected chi connectivity index (χ0v) is 12.9. The Labute approximate surface area is 124 Å². The Morgan fingerprint density at radius 3 is 2.52 bits per heavy atom. The smallest absolute Gasteiger partial charge is 0.305 e. The molecule has 21 heavy (non-hydrogen) atoms. The zero-order chi connectivity index (χ0) is 16.2. The number of pyridine rings is 1. The van der Waals surface area contributed by atoms with E-state index in [0.717, 1.165) is 5.56 Å². The van der Waals surface area contributed by atoms with Crippen LogP contribution in [0.15, 0.2) is 23.1 Å². The predicted octanol–water partition coefficient (Wildman–Crippen LogP) is 1.12. The van der Waals surface area contributed by atoms with Gasteiger partial charge >= 0.3 is 5.97 Å². The first-order chi connectivity index (χ1) is 9.63. The number of hydrogen-bond donors (Lipinski definition) is 1. The Kier molecular flexibility index (Phi) is 5.29. The summed E-state index contributed by atoms with van der Waals surface area (Å²) in [5, 5.41) is 8.66. The number of carboxylic acid groups (broad SMARTS) is 1. The Balaban J connectivity index is 2.82. The van der Waals surface area contributed by atoms with Crippen LogP contribution < -0.4 is 5.56 Å². The number of amides is 1. The average Bonchev–Trinajstić information content (AvgIpc) is 2.38. The number of aliphatic carboxylic acids is 1. The standard InChI is InChI=1S/C15H22N2O4/c1-11-5-8-17(12(18)9-11)10-15(2,3)14(21)16(4)7-6-13(19)20/h5,8-9H,6-7,10H2,1-4H3,(H,19,20). The fourth-order valence-electron chi connectivity index (χ4n) is 2.11. The minimum atomic E-state index is -0.942. The molecule has 0 radical (unpaired) electrons. The Bertz CT molecular complexity index is 590. The van der Waals surface area contributed by atoms with E-state index < -0.39 is 11.4 Å². The second-order valence-electron chi connectivity index (χ2n) is 5.92. The molecule has 116 valence electrons. The predicted molar refractivity (Wildman–Crippen MR) is 79.1 cm³/mol. The monoisotopic (exact) mass is 294 g/mol. The van der Waals surface area contributed by atoms with E-state index in [1.165, 1.54) is 15.5 Å². The van der Waals surface area contributed by atoms with Gasteiger partial charge in [-0.3, -0.25) is 14.4 Å². The summed E-state index contributed by atoms with van der Waals surface area (Å²) in [6.07, 6.45) is 1.58. The highest BCUT2D eigenvalue weighted by Crippen LogP contribution is 2.20. The number of carbonyl (C=O) groups excluding carboxylic acids is 1. The molecule has 1 rings (SSSR count). The van der Waals surface area contributed by atoms with Crippen molar-refractivity contribution in [3.05, 3.63) is 34.2 Å². The van der Waals surface area contributed by atoms with Crippen molar-refractivity contribution in [2.75, 3.05) is 13.6 Å². The molecule has 1 amide bonds. The van der Waals surface area contributed by atoms with E-state index in [9.17, 15) is 14.4 Å². The van der Waals surface area contributed by atoms with Crippen LogP contribution in [0.2, 0.25) is 0 Å². The van der Waals surface area contributed by atoms with Crippen molar-refractivity contribution in [2.45, 2.75) is 33.7 Å². The third kappa shape index (κ3) is 4.73. The van der Waals surface area contributed by atoms with Gasteiger partial charge in [0, 0.05) is 32.4 Å². The van der Waals surface area contributed by atoms with E-state index in [-0.39, 0.29) is 31.0 Å². The van der Waals surface area contributed by atoms with E-state index >= 15 is 0 Å². The number of aromatic nitrogens is 1. The van der Waals surface area contributed by atoms with Crippen LogP contribution >= 0.6 is 0 Å². The van der Waals surface area contributed by atoms with Gasteiger partial charge in [0.05, 0.1) is 11.8 Å². The number of carboxylic acids is 1. The van der Waals surface area contributed by atoms with Gasteiger partial charge in [-0.05, 0) is 32.4 Å². The third-order valence-electron chi connectivity index (χ3n) is 3.30. The third-order valence-corrected chi connectivity index (χ3v) is 3.30. The molecule has 0 bridgehead atoms. The second kappa shape index (κ2) is 6.56. The van der Waals surface area contributed by atoms with Crippen LogP contribution in [0.4, 0.5) is 0 Å². The normalized spacial score (nSPS) is 11.2. The van der Waals surface area contributed by atoms with Crippen molar-refractivity contribution in [2.24, 2.45) is 5.41 Å². The molecule has 0 saturated heterocycles. The Morgan fingerprint density at radius 1 is 1.38 bits per heavy atom. The Hall–Kier alpha value is -2.11. The van der Waals surface area contributed by atoms with Crippen molar-refractivity contribution in [3.8, 4) is 0 Å². The molecule has 1 heterocycles. The first-order valence-electron chi connectivity index (χ1n) is 6.78. The summed E-state index contributed by atoms with van der Waals surface area (Å²) in [7, 11) is 1.57. The van der Waals surface area contributed by atoms with Crippen molar-refractivity contribution >= 4 is 11.9 Å². The fraction of sp³-hybridized carbons (Fsp3) is 0.533. The van der Waals surface area contributed by atoms with E-state index in [2.05, 4.69) is 0 Å². The zero-order valence-electron chi connectivity index (χ0n) is 12.9. The summed E-state index contributed by atoms with van der Waals surface area (Å²) in [4.78, 5) is 36.2. The van der Waals surface area contributed by atoms with E-state index in [1.54, 1.807) is 27.1 Å². The van der Waals surface area contributed by atoms with Gasteiger partial charge < -0.3 is 14.6 Å². The largest absolute Gasteiger partial charge is 0.481 e. The molecule has 0 fully saturated rings. The molecule has 0 aliphatic rings. The molecular formula is C15H22N2O4. The summed E-state index contributed by atoms with van der Waals surface area (Å²) in [5.41, 5.74) is -0.0604. The lowest BCUT2D eigenvalue weighted by molar-refractivity contribution is -0.142. The summed E-state index contributed by atoms with van der Waals surface area (Å²) < 4.78 is 1.50. The van der Waals surface area contributed by atoms with E-state index in [1.807, 2.05) is 13.0 Å². The highest BCUT2D eigenvalue weighted by atomic mass is 16.4. The van der Waals surface area contributed by atoms with Crippen LogP contribution in [0.5, 0.6) is 0 Å². The molecule has 0 aliphatic heterocycles. The first-order valence-corrected chi connectivity index (χ1v) is 6.78. The second-order valence-corrected chi connectivity index (χ2v) is 5.92. The highest BCUT2D eigenvalue weighted by molar-refractivity contribution is 5.82. The molecule has 0 aromatic carbocycles. The summed E-state index contributed by atoms with van der Waals surface area (Å²) in [6.45, 7) is 5.74. The highest BCUT2D eigenvalue weighted by Gasteiger charge is 2.31. The first kappa shape index (κ1) is 16.9. The van der Waals surface area contributed by atoms with Crippen molar-refractivity contribution in [3.63, 3.8) is 0 Å². The summed E-state index contributed by atoms with van der Waals surface area (Å²) in [6, 6.07) is 3.34. The number of hydrogen-bond acceptors (Lipinski definition) is 3. The van der Waals surface area contributed by atoms with Crippen LogP contribution in [0, 0.1) is 12.3 Å². The maximum atomic E-state index is 12.4. The number of aryl methyl sites for hydroxylation is 1. The number of rotatable bonds is 6. The molecule has 0 saturated carbocycles. The quantitative estimate of drug-likeness (QED) is 0.852. The molecule has 0 spiro atoms. The number of nitrogens with zero attached hydrogens (tertiary/aromatic N) is 2. The molecule has 0 aliphatic carbocycles. The lowest BCUT2D eigenvalue weighted by atomic mass is 9.91. The molecule has 1 N–H and O–H groups in total. The molecule has 0 atom stereocenters. The lowest BCUT2D eigenvalue weighted by Gasteiger charge is -2.29. The van der Waals surface area contributed by atoms with Crippen LogP contribution in [0.3, 0.4) is 0 Å². The van der Waals surface area contributed by atoms with Crippen LogP contribution in [0.1, 0.15) is 25.8 Å². The topological polar surface area (TPSA) is 79.6 Å². The van der Waals surface area contributed by atoms with Crippen molar-refractivity contribution in [1.82, 2.24) is 9.47 Å². The minimum absolute atomic E-state index is 0.0944. The van der Waals surface area contributed by atoms with Gasteiger partial charge in [0.15, 0.2) is 0 Å². The molecule has 6 nitrogen and oxygen atoms in total. The average molecular weight is 294 g/mol. The fourth-order valence-corrected chi connectivity index (χ4v) is 2.11. The van der Waals surface area contributed by atoms with Crippen LogP contribution in [0.25, 0.3) is 0 Å². The van der Waals surface area contributed by atoms with Gasteiger partial charge in [0.2, 0.25) is 5.91 Å². The van der Waals surface area contributed by atoms with E-state index in [0.29, 0.717) is 0 Å². The van der Waals surface area contributed by atoms with Gasteiger partial charge in [-0.15, -0.1) is 0 Å². The van der Waals surface area contributed by atoms with Gasteiger partial charge in [-0.2, -0.15) is 0 Å². The molecular weight excluding hydrogens is 272 g/mol. The van der Waals surface area contributed by atoms with E-state index in [4.69, 9.17) is 5.11 Å². The summed E-state index contributed by atoms with van der Waals surface area (Å²) >= 11 is 0. The van der Waals surface area contributed by atoms with Gasteiger partial charge in [-0.25, -0.2) is 0 Å².